The Hall–Kier alpha value is -2.04. The van der Waals surface area contributed by atoms with Gasteiger partial charge in [0.05, 0.1) is 6.54 Å². The van der Waals surface area contributed by atoms with E-state index in [4.69, 9.17) is 27.6 Å². The monoisotopic (exact) mass is 333 g/mol. The van der Waals surface area contributed by atoms with Crippen molar-refractivity contribution in [1.29, 1.82) is 0 Å². The second-order valence-electron chi connectivity index (χ2n) is 4.83. The summed E-state index contributed by atoms with van der Waals surface area (Å²) in [5.74, 6) is 0.938. The number of hydrogen-bond donors (Lipinski definition) is 1. The van der Waals surface area contributed by atoms with Crippen LogP contribution < -0.4 is 5.32 Å². The first-order valence-electron chi connectivity index (χ1n) is 6.70. The second kappa shape index (κ2) is 6.38. The van der Waals surface area contributed by atoms with E-state index in [0.717, 1.165) is 21.8 Å². The van der Waals surface area contributed by atoms with Crippen LogP contribution in [0.5, 0.6) is 0 Å². The van der Waals surface area contributed by atoms with Gasteiger partial charge in [0.2, 0.25) is 11.8 Å². The highest BCUT2D eigenvalue weighted by atomic mass is 35.5. The van der Waals surface area contributed by atoms with E-state index in [9.17, 15) is 0 Å². The molecule has 1 N–H and O–H groups in total. The highest BCUT2D eigenvalue weighted by molar-refractivity contribution is 6.31. The second-order valence-corrected chi connectivity index (χ2v) is 5.67. The summed E-state index contributed by atoms with van der Waals surface area (Å²) in [5.41, 5.74) is 2.73. The Kier molecular flexibility index (Phi) is 4.32. The maximum absolute atomic E-state index is 6.09. The van der Waals surface area contributed by atoms with Crippen LogP contribution in [0.3, 0.4) is 0 Å². The molecule has 0 bridgehead atoms. The van der Waals surface area contributed by atoms with Gasteiger partial charge < -0.3 is 9.73 Å². The maximum atomic E-state index is 6.09. The van der Waals surface area contributed by atoms with Gasteiger partial charge >= 0.3 is 0 Å². The van der Waals surface area contributed by atoms with Gasteiger partial charge in [0.1, 0.15) is 0 Å². The largest absolute Gasteiger partial charge is 0.419 e. The first-order chi connectivity index (χ1) is 10.6. The standard InChI is InChI=1S/C16H13Cl2N3O/c1-10-5-6-13(8-14(10)18)19-9-15-20-21-16(22-15)11-3-2-4-12(17)7-11/h2-8,19H,9H2,1H3. The molecule has 6 heteroatoms. The zero-order valence-corrected chi connectivity index (χ0v) is 13.3. The molecule has 3 rings (SSSR count). The topological polar surface area (TPSA) is 51.0 Å². The normalized spacial score (nSPS) is 10.7. The summed E-state index contributed by atoms with van der Waals surface area (Å²) in [6.45, 7) is 2.38. The summed E-state index contributed by atoms with van der Waals surface area (Å²) in [5, 5.41) is 12.6. The zero-order chi connectivity index (χ0) is 15.5. The summed E-state index contributed by atoms with van der Waals surface area (Å²) in [6.07, 6.45) is 0. The smallest absolute Gasteiger partial charge is 0.247 e. The number of anilines is 1. The molecule has 0 aliphatic rings. The van der Waals surface area contributed by atoms with Crippen LogP contribution in [0, 0.1) is 6.92 Å². The van der Waals surface area contributed by atoms with Crippen LogP contribution in [-0.2, 0) is 6.54 Å². The van der Waals surface area contributed by atoms with E-state index in [1.54, 1.807) is 12.1 Å². The fraction of sp³-hybridized carbons (Fsp3) is 0.125. The average molecular weight is 334 g/mol. The molecule has 3 aromatic rings. The molecule has 0 saturated heterocycles. The molecule has 0 amide bonds. The molecule has 0 aliphatic carbocycles. The van der Waals surface area contributed by atoms with E-state index in [0.29, 0.717) is 23.3 Å². The van der Waals surface area contributed by atoms with Crippen LogP contribution >= 0.6 is 23.2 Å². The van der Waals surface area contributed by atoms with Crippen LogP contribution in [0.2, 0.25) is 10.0 Å². The van der Waals surface area contributed by atoms with Crippen molar-refractivity contribution in [2.24, 2.45) is 0 Å². The summed E-state index contributed by atoms with van der Waals surface area (Å²) in [6, 6.07) is 13.1. The molecule has 0 unspecified atom stereocenters. The zero-order valence-electron chi connectivity index (χ0n) is 11.8. The van der Waals surface area contributed by atoms with Crippen molar-refractivity contribution in [3.63, 3.8) is 0 Å². The fourth-order valence-electron chi connectivity index (χ4n) is 1.94. The minimum Gasteiger partial charge on any atom is -0.419 e. The minimum atomic E-state index is 0.424. The number of halogens is 2. The van der Waals surface area contributed by atoms with Crippen LogP contribution in [-0.4, -0.2) is 10.2 Å². The SMILES string of the molecule is Cc1ccc(NCc2nnc(-c3cccc(Cl)c3)o2)cc1Cl. The summed E-state index contributed by atoms with van der Waals surface area (Å²) in [7, 11) is 0. The molecular formula is C16H13Cl2N3O. The Morgan fingerprint density at radius 1 is 1.09 bits per heavy atom. The van der Waals surface area contributed by atoms with Crippen molar-refractivity contribution < 1.29 is 4.42 Å². The molecule has 0 radical (unpaired) electrons. The van der Waals surface area contributed by atoms with Crippen LogP contribution in [0.25, 0.3) is 11.5 Å². The Morgan fingerprint density at radius 2 is 1.95 bits per heavy atom. The molecule has 0 saturated carbocycles. The lowest BCUT2D eigenvalue weighted by Gasteiger charge is -2.05. The van der Waals surface area contributed by atoms with Gasteiger partial charge in [0, 0.05) is 21.3 Å². The maximum Gasteiger partial charge on any atom is 0.247 e. The molecule has 22 heavy (non-hydrogen) atoms. The molecule has 1 heterocycles. The van der Waals surface area contributed by atoms with Crippen molar-refractivity contribution in [2.45, 2.75) is 13.5 Å². The Morgan fingerprint density at radius 3 is 2.73 bits per heavy atom. The Balaban J connectivity index is 1.70. The number of hydrogen-bond acceptors (Lipinski definition) is 4. The number of nitrogens with zero attached hydrogens (tertiary/aromatic N) is 2. The average Bonchev–Trinajstić information content (AvgIpc) is 2.97. The lowest BCUT2D eigenvalue weighted by atomic mass is 10.2. The van der Waals surface area contributed by atoms with Gasteiger partial charge in [-0.3, -0.25) is 0 Å². The number of benzene rings is 2. The molecule has 0 aliphatic heterocycles. The quantitative estimate of drug-likeness (QED) is 0.732. The van der Waals surface area contributed by atoms with Gasteiger partial charge in [-0.15, -0.1) is 10.2 Å². The number of nitrogens with one attached hydrogen (secondary N) is 1. The molecule has 112 valence electrons. The highest BCUT2D eigenvalue weighted by Gasteiger charge is 2.09. The summed E-state index contributed by atoms with van der Waals surface area (Å²) < 4.78 is 5.62. The van der Waals surface area contributed by atoms with Crippen LogP contribution in [0.15, 0.2) is 46.9 Å². The molecule has 0 atom stereocenters. The molecule has 1 aromatic heterocycles. The van der Waals surface area contributed by atoms with Gasteiger partial charge in [0.15, 0.2) is 0 Å². The van der Waals surface area contributed by atoms with Crippen molar-refractivity contribution in [2.75, 3.05) is 5.32 Å². The van der Waals surface area contributed by atoms with E-state index in [1.165, 1.54) is 0 Å². The van der Waals surface area contributed by atoms with Crippen LogP contribution in [0.1, 0.15) is 11.5 Å². The van der Waals surface area contributed by atoms with Crippen LogP contribution in [0.4, 0.5) is 5.69 Å². The molecule has 4 nitrogen and oxygen atoms in total. The molecule has 2 aromatic carbocycles. The van der Waals surface area contributed by atoms with Crippen molar-refractivity contribution in [3.8, 4) is 11.5 Å². The van der Waals surface area contributed by atoms with Gasteiger partial charge in [-0.05, 0) is 42.8 Å². The van der Waals surface area contributed by atoms with E-state index >= 15 is 0 Å². The van der Waals surface area contributed by atoms with Gasteiger partial charge in [-0.2, -0.15) is 0 Å². The third kappa shape index (κ3) is 3.40. The van der Waals surface area contributed by atoms with Crippen molar-refractivity contribution in [1.82, 2.24) is 10.2 Å². The summed E-state index contributed by atoms with van der Waals surface area (Å²) in [4.78, 5) is 0. The summed E-state index contributed by atoms with van der Waals surface area (Å²) >= 11 is 12.0. The number of rotatable bonds is 4. The highest BCUT2D eigenvalue weighted by Crippen LogP contribution is 2.23. The Bertz CT molecular complexity index is 802. The van der Waals surface area contributed by atoms with E-state index in [-0.39, 0.29) is 0 Å². The lowest BCUT2D eigenvalue weighted by molar-refractivity contribution is 0.515. The van der Waals surface area contributed by atoms with E-state index in [2.05, 4.69) is 15.5 Å². The first-order valence-corrected chi connectivity index (χ1v) is 7.46. The fourth-order valence-corrected chi connectivity index (χ4v) is 2.31. The third-order valence-corrected chi connectivity index (χ3v) is 3.80. The molecular weight excluding hydrogens is 321 g/mol. The molecule has 0 spiro atoms. The van der Waals surface area contributed by atoms with Crippen molar-refractivity contribution >= 4 is 28.9 Å². The predicted molar refractivity (Wildman–Crippen MR) is 88.3 cm³/mol. The number of aryl methyl sites for hydroxylation is 1. The van der Waals surface area contributed by atoms with Gasteiger partial charge in [0.25, 0.3) is 0 Å². The van der Waals surface area contributed by atoms with E-state index in [1.807, 2.05) is 37.3 Å². The lowest BCUT2D eigenvalue weighted by Crippen LogP contribution is -1.99. The Labute approximate surface area is 138 Å². The number of aromatic nitrogens is 2. The first kappa shape index (κ1) is 14.9. The molecule has 0 fully saturated rings. The minimum absolute atomic E-state index is 0.424. The van der Waals surface area contributed by atoms with Gasteiger partial charge in [-0.25, -0.2) is 0 Å². The van der Waals surface area contributed by atoms with Crippen molar-refractivity contribution in [3.05, 3.63) is 64.0 Å². The van der Waals surface area contributed by atoms with Gasteiger partial charge in [-0.1, -0.05) is 35.3 Å². The third-order valence-electron chi connectivity index (χ3n) is 3.15. The predicted octanol–water partition coefficient (Wildman–Crippen LogP) is 4.96. The van der Waals surface area contributed by atoms with E-state index < -0.39 is 0 Å².